The molecule has 2 aromatic heterocycles. The molecule has 2 aliphatic rings. The van der Waals surface area contributed by atoms with Gasteiger partial charge in [0.2, 0.25) is 0 Å². The summed E-state index contributed by atoms with van der Waals surface area (Å²) in [6, 6.07) is 13.2. The number of benzene rings is 1. The van der Waals surface area contributed by atoms with Crippen LogP contribution in [-0.4, -0.2) is 29.6 Å². The standard InChI is InChI=1S/C25H27ClN4/c1-18-5-6-19(15-27-18)17-30-12-9-20-7-8-21(13-24(20)30)22-14-25(28-16-23(22)26)29-10-3-2-4-11-29/h5-8,13-16H,2-4,9-12,17H2,1H3. The van der Waals surface area contributed by atoms with E-state index in [9.17, 15) is 0 Å². The van der Waals surface area contributed by atoms with Crippen molar-refractivity contribution < 1.29 is 0 Å². The van der Waals surface area contributed by atoms with Crippen molar-refractivity contribution in [2.24, 2.45) is 0 Å². The van der Waals surface area contributed by atoms with Gasteiger partial charge < -0.3 is 9.80 Å². The quantitative estimate of drug-likeness (QED) is 0.547. The summed E-state index contributed by atoms with van der Waals surface area (Å²) in [5.74, 6) is 1.04. The van der Waals surface area contributed by atoms with E-state index >= 15 is 0 Å². The number of rotatable bonds is 4. The molecule has 5 heteroatoms. The summed E-state index contributed by atoms with van der Waals surface area (Å²) in [4.78, 5) is 13.9. The van der Waals surface area contributed by atoms with Gasteiger partial charge in [-0.3, -0.25) is 4.98 Å². The second-order valence-electron chi connectivity index (χ2n) is 8.39. The number of piperidine rings is 1. The molecule has 4 nitrogen and oxygen atoms in total. The molecule has 4 heterocycles. The Morgan fingerprint density at radius 3 is 2.60 bits per heavy atom. The van der Waals surface area contributed by atoms with Crippen molar-refractivity contribution in [3.8, 4) is 11.1 Å². The Bertz CT molecular complexity index is 1040. The van der Waals surface area contributed by atoms with Gasteiger partial charge in [0.05, 0.1) is 5.02 Å². The van der Waals surface area contributed by atoms with Crippen LogP contribution in [0.15, 0.2) is 48.8 Å². The lowest BCUT2D eigenvalue weighted by Crippen LogP contribution is -2.30. The van der Waals surface area contributed by atoms with Crippen LogP contribution in [0.5, 0.6) is 0 Å². The minimum atomic E-state index is 0.711. The first-order chi connectivity index (χ1) is 14.7. The molecule has 30 heavy (non-hydrogen) atoms. The molecular formula is C25H27ClN4. The highest BCUT2D eigenvalue weighted by molar-refractivity contribution is 6.33. The summed E-state index contributed by atoms with van der Waals surface area (Å²) >= 11 is 6.60. The molecular weight excluding hydrogens is 392 g/mol. The van der Waals surface area contributed by atoms with Crippen LogP contribution in [0.3, 0.4) is 0 Å². The molecule has 1 aromatic carbocycles. The average Bonchev–Trinajstić information content (AvgIpc) is 3.18. The van der Waals surface area contributed by atoms with E-state index in [0.29, 0.717) is 5.02 Å². The van der Waals surface area contributed by atoms with E-state index in [-0.39, 0.29) is 0 Å². The van der Waals surface area contributed by atoms with Gasteiger partial charge in [-0.05, 0) is 67.5 Å². The molecule has 0 radical (unpaired) electrons. The van der Waals surface area contributed by atoms with Crippen LogP contribution in [0.1, 0.15) is 36.1 Å². The van der Waals surface area contributed by atoms with E-state index in [0.717, 1.165) is 55.2 Å². The fraction of sp³-hybridized carbons (Fsp3) is 0.360. The van der Waals surface area contributed by atoms with E-state index < -0.39 is 0 Å². The lowest BCUT2D eigenvalue weighted by molar-refractivity contribution is 0.573. The molecule has 1 saturated heterocycles. The van der Waals surface area contributed by atoms with Gasteiger partial charge in [0.25, 0.3) is 0 Å². The number of anilines is 2. The van der Waals surface area contributed by atoms with Crippen molar-refractivity contribution in [2.75, 3.05) is 29.4 Å². The third kappa shape index (κ3) is 3.89. The van der Waals surface area contributed by atoms with Gasteiger partial charge in [0, 0.05) is 55.5 Å². The Balaban J connectivity index is 1.44. The minimum Gasteiger partial charge on any atom is -0.367 e. The first kappa shape index (κ1) is 19.4. The summed E-state index contributed by atoms with van der Waals surface area (Å²) in [6.07, 6.45) is 8.67. The van der Waals surface area contributed by atoms with Crippen LogP contribution in [0.25, 0.3) is 11.1 Å². The van der Waals surface area contributed by atoms with Crippen molar-refractivity contribution in [2.45, 2.75) is 39.2 Å². The first-order valence-electron chi connectivity index (χ1n) is 10.9. The molecule has 0 bridgehead atoms. The maximum absolute atomic E-state index is 6.60. The normalized spacial score (nSPS) is 16.1. The van der Waals surface area contributed by atoms with Crippen LogP contribution in [0, 0.1) is 6.92 Å². The van der Waals surface area contributed by atoms with E-state index in [2.05, 4.69) is 56.2 Å². The smallest absolute Gasteiger partial charge is 0.129 e. The SMILES string of the molecule is Cc1ccc(CN2CCc3ccc(-c4cc(N5CCCCC5)ncc4Cl)cc32)cn1. The molecule has 2 aliphatic heterocycles. The molecule has 1 fully saturated rings. The number of halogens is 1. The van der Waals surface area contributed by atoms with Crippen molar-refractivity contribution in [1.82, 2.24) is 9.97 Å². The molecule has 0 saturated carbocycles. The highest BCUT2D eigenvalue weighted by Crippen LogP contribution is 2.37. The number of aryl methyl sites for hydroxylation is 1. The molecule has 5 rings (SSSR count). The van der Waals surface area contributed by atoms with Crippen molar-refractivity contribution in [3.05, 3.63) is 70.6 Å². The Hall–Kier alpha value is -2.59. The van der Waals surface area contributed by atoms with Crippen molar-refractivity contribution in [1.29, 1.82) is 0 Å². The van der Waals surface area contributed by atoms with Crippen LogP contribution >= 0.6 is 11.6 Å². The largest absolute Gasteiger partial charge is 0.367 e. The third-order valence-corrected chi connectivity index (χ3v) is 6.56. The lowest BCUT2D eigenvalue weighted by atomic mass is 10.0. The van der Waals surface area contributed by atoms with Gasteiger partial charge in [-0.25, -0.2) is 4.98 Å². The number of hydrogen-bond donors (Lipinski definition) is 0. The Kier molecular flexibility index (Phi) is 5.34. The Labute approximate surface area is 183 Å². The molecule has 154 valence electrons. The number of hydrogen-bond acceptors (Lipinski definition) is 4. The van der Waals surface area contributed by atoms with Gasteiger partial charge in [-0.15, -0.1) is 0 Å². The zero-order valence-electron chi connectivity index (χ0n) is 17.4. The van der Waals surface area contributed by atoms with Gasteiger partial charge in [-0.1, -0.05) is 29.8 Å². The molecule has 0 spiro atoms. The monoisotopic (exact) mass is 418 g/mol. The van der Waals surface area contributed by atoms with Crippen LogP contribution in [0.4, 0.5) is 11.5 Å². The number of pyridine rings is 2. The highest BCUT2D eigenvalue weighted by Gasteiger charge is 2.21. The van der Waals surface area contributed by atoms with Gasteiger partial charge >= 0.3 is 0 Å². The van der Waals surface area contributed by atoms with E-state index in [1.807, 2.05) is 19.3 Å². The summed E-state index contributed by atoms with van der Waals surface area (Å²) < 4.78 is 0. The summed E-state index contributed by atoms with van der Waals surface area (Å²) in [6.45, 7) is 6.10. The molecule has 0 unspecified atom stereocenters. The predicted octanol–water partition coefficient (Wildman–Crippen LogP) is 5.66. The van der Waals surface area contributed by atoms with Gasteiger partial charge in [0.1, 0.15) is 5.82 Å². The maximum atomic E-state index is 6.60. The van der Waals surface area contributed by atoms with E-state index in [1.54, 1.807) is 0 Å². The zero-order chi connectivity index (χ0) is 20.5. The van der Waals surface area contributed by atoms with E-state index in [1.165, 1.54) is 36.1 Å². The van der Waals surface area contributed by atoms with Gasteiger partial charge in [-0.2, -0.15) is 0 Å². The fourth-order valence-corrected chi connectivity index (χ4v) is 4.75. The first-order valence-corrected chi connectivity index (χ1v) is 11.3. The van der Waals surface area contributed by atoms with Crippen LogP contribution < -0.4 is 9.80 Å². The molecule has 0 amide bonds. The van der Waals surface area contributed by atoms with Crippen molar-refractivity contribution >= 4 is 23.1 Å². The maximum Gasteiger partial charge on any atom is 0.129 e. The summed E-state index contributed by atoms with van der Waals surface area (Å²) in [7, 11) is 0. The molecule has 0 aliphatic carbocycles. The predicted molar refractivity (Wildman–Crippen MR) is 124 cm³/mol. The second kappa shape index (κ2) is 8.27. The minimum absolute atomic E-state index is 0.711. The Morgan fingerprint density at radius 2 is 1.80 bits per heavy atom. The number of nitrogens with zero attached hydrogens (tertiary/aromatic N) is 4. The average molecular weight is 419 g/mol. The number of aromatic nitrogens is 2. The topological polar surface area (TPSA) is 32.3 Å². The second-order valence-corrected chi connectivity index (χ2v) is 8.80. The van der Waals surface area contributed by atoms with E-state index in [4.69, 9.17) is 11.6 Å². The van der Waals surface area contributed by atoms with Crippen molar-refractivity contribution in [3.63, 3.8) is 0 Å². The van der Waals surface area contributed by atoms with Crippen LogP contribution in [0.2, 0.25) is 5.02 Å². The van der Waals surface area contributed by atoms with Crippen LogP contribution in [-0.2, 0) is 13.0 Å². The summed E-state index contributed by atoms with van der Waals surface area (Å²) in [5, 5.41) is 0.711. The summed E-state index contributed by atoms with van der Waals surface area (Å²) in [5.41, 5.74) is 7.24. The fourth-order valence-electron chi connectivity index (χ4n) is 4.53. The molecule has 3 aromatic rings. The zero-order valence-corrected chi connectivity index (χ0v) is 18.2. The van der Waals surface area contributed by atoms with Gasteiger partial charge in [0.15, 0.2) is 0 Å². The lowest BCUT2D eigenvalue weighted by Gasteiger charge is -2.28. The molecule has 0 N–H and O–H groups in total. The number of fused-ring (bicyclic) bond motifs is 1. The molecule has 0 atom stereocenters. The highest BCUT2D eigenvalue weighted by atomic mass is 35.5. The Morgan fingerprint density at radius 1 is 0.933 bits per heavy atom. The third-order valence-electron chi connectivity index (χ3n) is 6.26.